The van der Waals surface area contributed by atoms with Crippen LogP contribution in [0, 0.1) is 6.92 Å². The third kappa shape index (κ3) is 3.12. The van der Waals surface area contributed by atoms with E-state index in [2.05, 4.69) is 10.6 Å². The van der Waals surface area contributed by atoms with Gasteiger partial charge in [-0.15, -0.1) is 0 Å². The van der Waals surface area contributed by atoms with Crippen molar-refractivity contribution in [3.8, 4) is 0 Å². The van der Waals surface area contributed by atoms with Crippen LogP contribution in [0.5, 0.6) is 0 Å². The van der Waals surface area contributed by atoms with Crippen LogP contribution in [-0.2, 0) is 14.8 Å². The Bertz CT molecular complexity index is 592. The van der Waals surface area contributed by atoms with Crippen molar-refractivity contribution in [2.24, 2.45) is 5.14 Å². The molecule has 1 aliphatic rings. The van der Waals surface area contributed by atoms with Crippen LogP contribution < -0.4 is 15.8 Å². The summed E-state index contributed by atoms with van der Waals surface area (Å²) in [7, 11) is -3.78. The molecule has 1 fully saturated rings. The zero-order valence-corrected chi connectivity index (χ0v) is 11.5. The summed E-state index contributed by atoms with van der Waals surface area (Å²) in [4.78, 5) is 12.0. The monoisotopic (exact) mass is 283 g/mol. The predicted octanol–water partition coefficient (Wildman–Crippen LogP) is 0.333. The number of anilines is 1. The van der Waals surface area contributed by atoms with Crippen molar-refractivity contribution in [3.63, 3.8) is 0 Å². The summed E-state index contributed by atoms with van der Waals surface area (Å²) in [5, 5.41) is 11.0. The molecule has 1 unspecified atom stereocenters. The van der Waals surface area contributed by atoms with Gasteiger partial charge in [-0.25, -0.2) is 13.6 Å². The van der Waals surface area contributed by atoms with E-state index in [1.807, 2.05) is 0 Å². The number of nitrogens with two attached hydrogens (primary N) is 1. The lowest BCUT2D eigenvalue weighted by Gasteiger charge is -2.14. The second-order valence-corrected chi connectivity index (χ2v) is 6.14. The average Bonchev–Trinajstić information content (AvgIpc) is 2.83. The maximum Gasteiger partial charge on any atom is 0.241 e. The van der Waals surface area contributed by atoms with Crippen LogP contribution in [0.15, 0.2) is 23.1 Å². The molecule has 4 N–H and O–H groups in total. The number of carbonyl (C=O) groups excluding carboxylic acids is 1. The minimum atomic E-state index is -3.78. The number of primary sulfonamides is 1. The van der Waals surface area contributed by atoms with E-state index in [0.29, 0.717) is 11.3 Å². The SMILES string of the molecule is Cc1c(NC(=O)C2CCCN2)cccc1S(N)(=O)=O. The summed E-state index contributed by atoms with van der Waals surface area (Å²) < 4.78 is 22.8. The Morgan fingerprint density at radius 2 is 2.21 bits per heavy atom. The molecule has 0 aromatic heterocycles. The van der Waals surface area contributed by atoms with E-state index in [1.165, 1.54) is 6.07 Å². The van der Waals surface area contributed by atoms with Crippen LogP contribution in [0.4, 0.5) is 5.69 Å². The first kappa shape index (κ1) is 14.0. The Balaban J connectivity index is 2.24. The third-order valence-corrected chi connectivity index (χ3v) is 4.28. The van der Waals surface area contributed by atoms with Crippen LogP contribution in [0.3, 0.4) is 0 Å². The van der Waals surface area contributed by atoms with E-state index < -0.39 is 10.0 Å². The first-order chi connectivity index (χ1) is 8.89. The van der Waals surface area contributed by atoms with Gasteiger partial charge in [0.05, 0.1) is 10.9 Å². The van der Waals surface area contributed by atoms with Gasteiger partial charge in [0, 0.05) is 5.69 Å². The third-order valence-electron chi connectivity index (χ3n) is 3.23. The Labute approximate surface area is 112 Å². The van der Waals surface area contributed by atoms with Crippen LogP contribution in [0.1, 0.15) is 18.4 Å². The number of sulfonamides is 1. The molecule has 1 aliphatic heterocycles. The summed E-state index contributed by atoms with van der Waals surface area (Å²) in [5.41, 5.74) is 0.932. The largest absolute Gasteiger partial charge is 0.324 e. The lowest BCUT2D eigenvalue weighted by Crippen LogP contribution is -2.35. The second-order valence-electron chi connectivity index (χ2n) is 4.61. The maximum atomic E-state index is 12.0. The fourth-order valence-corrected chi connectivity index (χ4v) is 2.99. The molecule has 2 rings (SSSR count). The summed E-state index contributed by atoms with van der Waals surface area (Å²) in [6.45, 7) is 2.45. The van der Waals surface area contributed by atoms with E-state index in [-0.39, 0.29) is 16.8 Å². The van der Waals surface area contributed by atoms with E-state index in [1.54, 1.807) is 19.1 Å². The van der Waals surface area contributed by atoms with Crippen molar-refractivity contribution >= 4 is 21.6 Å². The van der Waals surface area contributed by atoms with Gasteiger partial charge in [0.2, 0.25) is 15.9 Å². The summed E-state index contributed by atoms with van der Waals surface area (Å²) in [6, 6.07) is 4.44. The first-order valence-electron chi connectivity index (χ1n) is 6.06. The molecule has 1 aromatic carbocycles. The maximum absolute atomic E-state index is 12.0. The Hall–Kier alpha value is -1.44. The van der Waals surface area contributed by atoms with Gasteiger partial charge in [0.1, 0.15) is 0 Å². The molecule has 0 aliphatic carbocycles. The first-order valence-corrected chi connectivity index (χ1v) is 7.61. The lowest BCUT2D eigenvalue weighted by atomic mass is 10.1. The van der Waals surface area contributed by atoms with Crippen molar-refractivity contribution in [1.29, 1.82) is 0 Å². The zero-order chi connectivity index (χ0) is 14.0. The Morgan fingerprint density at radius 1 is 1.47 bits per heavy atom. The molecule has 104 valence electrons. The number of rotatable bonds is 3. The lowest BCUT2D eigenvalue weighted by molar-refractivity contribution is -0.117. The van der Waals surface area contributed by atoms with Gasteiger partial charge in [-0.05, 0) is 44.0 Å². The summed E-state index contributed by atoms with van der Waals surface area (Å²) in [5.74, 6) is -0.146. The fourth-order valence-electron chi connectivity index (χ4n) is 2.19. The minimum absolute atomic E-state index is 0.0321. The van der Waals surface area contributed by atoms with E-state index in [9.17, 15) is 13.2 Å². The molecule has 0 radical (unpaired) electrons. The molecule has 1 aromatic rings. The van der Waals surface area contributed by atoms with Gasteiger partial charge >= 0.3 is 0 Å². The zero-order valence-electron chi connectivity index (χ0n) is 10.6. The van der Waals surface area contributed by atoms with Gasteiger partial charge in [0.15, 0.2) is 0 Å². The van der Waals surface area contributed by atoms with Crippen LogP contribution in [0.2, 0.25) is 0 Å². The predicted molar refractivity (Wildman–Crippen MR) is 72.2 cm³/mol. The molecule has 1 heterocycles. The minimum Gasteiger partial charge on any atom is -0.324 e. The molecule has 1 saturated heterocycles. The van der Waals surface area contributed by atoms with Gasteiger partial charge in [-0.3, -0.25) is 4.79 Å². The van der Waals surface area contributed by atoms with Crippen molar-refractivity contribution < 1.29 is 13.2 Å². The highest BCUT2D eigenvalue weighted by molar-refractivity contribution is 7.89. The Morgan fingerprint density at radius 3 is 2.79 bits per heavy atom. The highest BCUT2D eigenvalue weighted by atomic mass is 32.2. The summed E-state index contributed by atoms with van der Waals surface area (Å²) in [6.07, 6.45) is 1.76. The average molecular weight is 283 g/mol. The van der Waals surface area contributed by atoms with Crippen LogP contribution in [0.25, 0.3) is 0 Å². The van der Waals surface area contributed by atoms with Crippen molar-refractivity contribution in [3.05, 3.63) is 23.8 Å². The number of benzene rings is 1. The number of hydrogen-bond donors (Lipinski definition) is 3. The van der Waals surface area contributed by atoms with Gasteiger partial charge in [0.25, 0.3) is 0 Å². The molecule has 19 heavy (non-hydrogen) atoms. The van der Waals surface area contributed by atoms with Crippen LogP contribution >= 0.6 is 0 Å². The standard InChI is InChI=1S/C12H17N3O3S/c1-8-9(4-2-6-11(8)19(13,17)18)15-12(16)10-5-3-7-14-10/h2,4,6,10,14H,3,5,7H2,1H3,(H,15,16)(H2,13,17,18). The molecule has 1 amide bonds. The van der Waals surface area contributed by atoms with E-state index in [4.69, 9.17) is 5.14 Å². The smallest absolute Gasteiger partial charge is 0.241 e. The van der Waals surface area contributed by atoms with Gasteiger partial charge in [-0.2, -0.15) is 0 Å². The van der Waals surface area contributed by atoms with Gasteiger partial charge < -0.3 is 10.6 Å². The highest BCUT2D eigenvalue weighted by Crippen LogP contribution is 2.22. The number of hydrogen-bond acceptors (Lipinski definition) is 4. The van der Waals surface area contributed by atoms with Crippen molar-refractivity contribution in [2.75, 3.05) is 11.9 Å². The summed E-state index contributed by atoms with van der Waals surface area (Å²) >= 11 is 0. The molecule has 0 spiro atoms. The highest BCUT2D eigenvalue weighted by Gasteiger charge is 2.23. The number of amides is 1. The molecule has 7 heteroatoms. The topological polar surface area (TPSA) is 101 Å². The quantitative estimate of drug-likeness (QED) is 0.744. The molecule has 0 saturated carbocycles. The van der Waals surface area contributed by atoms with E-state index >= 15 is 0 Å². The normalized spacial score (nSPS) is 19.4. The molecular formula is C12H17N3O3S. The fraction of sp³-hybridized carbons (Fsp3) is 0.417. The number of carbonyl (C=O) groups is 1. The molecular weight excluding hydrogens is 266 g/mol. The number of nitrogens with one attached hydrogen (secondary N) is 2. The molecule has 1 atom stereocenters. The molecule has 0 bridgehead atoms. The Kier molecular flexibility index (Phi) is 3.88. The van der Waals surface area contributed by atoms with Crippen molar-refractivity contribution in [1.82, 2.24) is 5.32 Å². The van der Waals surface area contributed by atoms with Gasteiger partial charge in [-0.1, -0.05) is 6.07 Å². The van der Waals surface area contributed by atoms with Crippen molar-refractivity contribution in [2.45, 2.75) is 30.7 Å². The van der Waals surface area contributed by atoms with Crippen LogP contribution in [-0.4, -0.2) is 26.9 Å². The van der Waals surface area contributed by atoms with E-state index in [0.717, 1.165) is 19.4 Å². The second kappa shape index (κ2) is 5.28. The molecule has 6 nitrogen and oxygen atoms in total.